The first-order valence-corrected chi connectivity index (χ1v) is 7.02. The van der Waals surface area contributed by atoms with Crippen molar-refractivity contribution in [3.63, 3.8) is 0 Å². The second-order valence-electron chi connectivity index (χ2n) is 4.39. The fraction of sp³-hybridized carbons (Fsp3) is 0.357. The Morgan fingerprint density at radius 1 is 1.35 bits per heavy atom. The molecule has 0 unspecified atom stereocenters. The molecule has 1 N–H and O–H groups in total. The summed E-state index contributed by atoms with van der Waals surface area (Å²) in [6, 6.07) is 6.74. The molecule has 0 aliphatic carbocycles. The second kappa shape index (κ2) is 4.59. The summed E-state index contributed by atoms with van der Waals surface area (Å²) < 4.78 is 0. The van der Waals surface area contributed by atoms with Crippen LogP contribution in [0.1, 0.15) is 23.1 Å². The highest BCUT2D eigenvalue weighted by molar-refractivity contribution is 7.09. The van der Waals surface area contributed by atoms with Crippen molar-refractivity contribution in [1.82, 2.24) is 10.3 Å². The van der Waals surface area contributed by atoms with Crippen LogP contribution in [0.4, 0.5) is 0 Å². The average Bonchev–Trinajstić information content (AvgIpc) is 2.87. The highest BCUT2D eigenvalue weighted by atomic mass is 32.1. The topological polar surface area (TPSA) is 24.9 Å². The van der Waals surface area contributed by atoms with Crippen LogP contribution in [0.15, 0.2) is 23.6 Å². The van der Waals surface area contributed by atoms with Gasteiger partial charge in [-0.05, 0) is 36.6 Å². The molecular weight excluding hydrogens is 228 g/mol. The monoisotopic (exact) mass is 244 g/mol. The molecule has 2 heterocycles. The third-order valence-corrected chi connectivity index (χ3v) is 4.24. The quantitative estimate of drug-likeness (QED) is 0.878. The van der Waals surface area contributed by atoms with E-state index in [-0.39, 0.29) is 0 Å². The molecule has 3 heteroatoms. The molecule has 0 spiro atoms. The van der Waals surface area contributed by atoms with Crippen molar-refractivity contribution in [3.05, 3.63) is 39.7 Å². The van der Waals surface area contributed by atoms with Crippen LogP contribution in [0, 0.1) is 0 Å². The highest BCUT2D eigenvalue weighted by Gasteiger charge is 2.10. The molecule has 0 saturated heterocycles. The first-order valence-electron chi connectivity index (χ1n) is 6.14. The van der Waals surface area contributed by atoms with Crippen molar-refractivity contribution >= 4 is 11.3 Å². The van der Waals surface area contributed by atoms with Gasteiger partial charge in [0, 0.05) is 17.5 Å². The number of benzene rings is 1. The van der Waals surface area contributed by atoms with E-state index in [0.717, 1.165) is 31.6 Å². The van der Waals surface area contributed by atoms with E-state index >= 15 is 0 Å². The van der Waals surface area contributed by atoms with Crippen LogP contribution in [0.3, 0.4) is 0 Å². The van der Waals surface area contributed by atoms with Gasteiger partial charge in [-0.3, -0.25) is 0 Å². The van der Waals surface area contributed by atoms with Gasteiger partial charge >= 0.3 is 0 Å². The maximum atomic E-state index is 4.65. The van der Waals surface area contributed by atoms with Gasteiger partial charge in [-0.15, -0.1) is 11.3 Å². The van der Waals surface area contributed by atoms with Crippen LogP contribution in [0.5, 0.6) is 0 Å². The Balaban J connectivity index is 1.97. The number of fused-ring (bicyclic) bond motifs is 1. The molecule has 2 aromatic rings. The predicted octanol–water partition coefficient (Wildman–Crippen LogP) is 3.02. The zero-order chi connectivity index (χ0) is 11.7. The van der Waals surface area contributed by atoms with Crippen LogP contribution >= 0.6 is 11.3 Å². The molecule has 0 amide bonds. The zero-order valence-corrected chi connectivity index (χ0v) is 10.8. The number of aromatic nitrogens is 1. The molecular formula is C14H16N2S. The average molecular weight is 244 g/mol. The van der Waals surface area contributed by atoms with Crippen molar-refractivity contribution in [1.29, 1.82) is 0 Å². The van der Waals surface area contributed by atoms with E-state index in [4.69, 9.17) is 0 Å². The first kappa shape index (κ1) is 10.9. The molecule has 17 heavy (non-hydrogen) atoms. The smallest absolute Gasteiger partial charge is 0.0929 e. The van der Waals surface area contributed by atoms with Gasteiger partial charge in [0.25, 0.3) is 0 Å². The second-order valence-corrected chi connectivity index (χ2v) is 5.33. The minimum Gasteiger partial charge on any atom is -0.312 e. The third-order valence-electron chi connectivity index (χ3n) is 3.24. The molecule has 0 bridgehead atoms. The molecule has 88 valence electrons. The Kier molecular flexibility index (Phi) is 2.95. The van der Waals surface area contributed by atoms with Crippen molar-refractivity contribution in [2.75, 3.05) is 6.54 Å². The van der Waals surface area contributed by atoms with Crippen LogP contribution in [-0.2, 0) is 19.4 Å². The van der Waals surface area contributed by atoms with Crippen molar-refractivity contribution in [2.45, 2.75) is 26.3 Å². The van der Waals surface area contributed by atoms with E-state index < -0.39 is 0 Å². The van der Waals surface area contributed by atoms with Gasteiger partial charge in [0.2, 0.25) is 0 Å². The molecule has 0 fully saturated rings. The van der Waals surface area contributed by atoms with Crippen LogP contribution in [0.2, 0.25) is 0 Å². The minimum absolute atomic E-state index is 1.01. The van der Waals surface area contributed by atoms with Gasteiger partial charge in [0.05, 0.1) is 10.7 Å². The maximum absolute atomic E-state index is 4.65. The van der Waals surface area contributed by atoms with Crippen LogP contribution in [-0.4, -0.2) is 11.5 Å². The summed E-state index contributed by atoms with van der Waals surface area (Å²) in [6.45, 7) is 4.25. The number of hydrogen-bond acceptors (Lipinski definition) is 3. The fourth-order valence-corrected chi connectivity index (χ4v) is 3.00. The molecule has 1 aromatic heterocycles. The zero-order valence-electron chi connectivity index (χ0n) is 9.99. The van der Waals surface area contributed by atoms with Gasteiger partial charge in [-0.1, -0.05) is 19.1 Å². The Bertz CT molecular complexity index is 531. The normalized spacial score (nSPS) is 14.6. The lowest BCUT2D eigenvalue weighted by Crippen LogP contribution is -2.23. The van der Waals surface area contributed by atoms with E-state index in [0.29, 0.717) is 0 Å². The van der Waals surface area contributed by atoms with Gasteiger partial charge in [0.1, 0.15) is 0 Å². The number of rotatable bonds is 2. The summed E-state index contributed by atoms with van der Waals surface area (Å²) in [5.74, 6) is 0. The van der Waals surface area contributed by atoms with Crippen LogP contribution < -0.4 is 5.32 Å². The van der Waals surface area contributed by atoms with E-state index in [9.17, 15) is 0 Å². The summed E-state index contributed by atoms with van der Waals surface area (Å²) in [4.78, 5) is 4.65. The molecule has 3 rings (SSSR count). The molecule has 1 aliphatic heterocycles. The van der Waals surface area contributed by atoms with E-state index in [2.05, 4.69) is 40.8 Å². The van der Waals surface area contributed by atoms with Gasteiger partial charge in [-0.25, -0.2) is 4.98 Å². The maximum Gasteiger partial charge on any atom is 0.0929 e. The summed E-state index contributed by atoms with van der Waals surface area (Å²) in [5, 5.41) is 6.79. The summed E-state index contributed by atoms with van der Waals surface area (Å²) >= 11 is 1.76. The molecule has 1 aromatic carbocycles. The molecule has 0 atom stereocenters. The number of hydrogen-bond donors (Lipinski definition) is 1. The standard InChI is InChI=1S/C14H16N2S/c1-2-14-16-13(9-17-14)11-3-4-12-8-15-6-5-10(12)7-11/h3-4,7,9,15H,2,5-6,8H2,1H3. The Hall–Kier alpha value is -1.19. The molecule has 1 aliphatic rings. The van der Waals surface area contributed by atoms with Crippen molar-refractivity contribution < 1.29 is 0 Å². The predicted molar refractivity (Wildman–Crippen MR) is 72.3 cm³/mol. The van der Waals surface area contributed by atoms with Gasteiger partial charge < -0.3 is 5.32 Å². The molecule has 2 nitrogen and oxygen atoms in total. The largest absolute Gasteiger partial charge is 0.312 e. The summed E-state index contributed by atoms with van der Waals surface area (Å²) in [7, 11) is 0. The van der Waals surface area contributed by atoms with Gasteiger partial charge in [0.15, 0.2) is 0 Å². The number of thiazole rings is 1. The SMILES string of the molecule is CCc1nc(-c2ccc3c(c2)CCNC3)cs1. The number of nitrogens with zero attached hydrogens (tertiary/aromatic N) is 1. The van der Waals surface area contributed by atoms with E-state index in [1.54, 1.807) is 11.3 Å². The Morgan fingerprint density at radius 3 is 3.12 bits per heavy atom. The lowest BCUT2D eigenvalue weighted by atomic mass is 9.98. The van der Waals surface area contributed by atoms with E-state index in [1.165, 1.54) is 21.7 Å². The first-order chi connectivity index (χ1) is 8.36. The number of aryl methyl sites for hydroxylation is 1. The third kappa shape index (κ3) is 2.13. The summed E-state index contributed by atoms with van der Waals surface area (Å²) in [5.41, 5.74) is 5.31. The molecule has 0 saturated carbocycles. The minimum atomic E-state index is 1.01. The van der Waals surface area contributed by atoms with Crippen LogP contribution in [0.25, 0.3) is 11.3 Å². The van der Waals surface area contributed by atoms with Gasteiger partial charge in [-0.2, -0.15) is 0 Å². The summed E-state index contributed by atoms with van der Waals surface area (Å²) in [6.07, 6.45) is 2.16. The van der Waals surface area contributed by atoms with E-state index in [1.807, 2.05) is 0 Å². The van der Waals surface area contributed by atoms with Crippen molar-refractivity contribution in [2.24, 2.45) is 0 Å². The Morgan fingerprint density at radius 2 is 2.29 bits per heavy atom. The number of nitrogens with one attached hydrogen (secondary N) is 1. The van der Waals surface area contributed by atoms with Crippen molar-refractivity contribution in [3.8, 4) is 11.3 Å². The Labute approximate surface area is 106 Å². The lowest BCUT2D eigenvalue weighted by Gasteiger charge is -2.17. The molecule has 0 radical (unpaired) electrons. The highest BCUT2D eigenvalue weighted by Crippen LogP contribution is 2.25. The fourth-order valence-electron chi connectivity index (χ4n) is 2.24. The lowest BCUT2D eigenvalue weighted by molar-refractivity contribution is 0.644.